The van der Waals surface area contributed by atoms with E-state index >= 15 is 0 Å². The van der Waals surface area contributed by atoms with Crippen LogP contribution in [0.4, 0.5) is 0 Å². The highest BCUT2D eigenvalue weighted by molar-refractivity contribution is 7.09. The van der Waals surface area contributed by atoms with E-state index in [0.717, 1.165) is 45.3 Å². The van der Waals surface area contributed by atoms with E-state index in [-0.39, 0.29) is 0 Å². The fraction of sp³-hybridized carbons (Fsp3) is 0.643. The van der Waals surface area contributed by atoms with Gasteiger partial charge in [0.15, 0.2) is 0 Å². The van der Waals surface area contributed by atoms with Gasteiger partial charge in [-0.2, -0.15) is 0 Å². The number of carboxylic acids is 1. The Morgan fingerprint density at radius 1 is 1.50 bits per heavy atom. The number of aliphatic carboxylic acids is 1. The van der Waals surface area contributed by atoms with Gasteiger partial charge in [0.25, 0.3) is 0 Å². The van der Waals surface area contributed by atoms with Crippen LogP contribution >= 0.6 is 11.3 Å². The van der Waals surface area contributed by atoms with Crippen molar-refractivity contribution < 1.29 is 9.90 Å². The molecule has 100 valence electrons. The molecule has 2 rings (SSSR count). The van der Waals surface area contributed by atoms with Crippen LogP contribution in [-0.4, -0.2) is 29.1 Å². The van der Waals surface area contributed by atoms with E-state index in [1.54, 1.807) is 11.3 Å². The zero-order valence-electron chi connectivity index (χ0n) is 10.9. The zero-order valence-corrected chi connectivity index (χ0v) is 11.7. The third-order valence-corrected chi connectivity index (χ3v) is 4.82. The lowest BCUT2D eigenvalue weighted by Gasteiger charge is -2.38. The summed E-state index contributed by atoms with van der Waals surface area (Å²) in [4.78, 5) is 15.2. The first-order valence-electron chi connectivity index (χ1n) is 6.64. The van der Waals surface area contributed by atoms with Crippen LogP contribution in [0.2, 0.25) is 0 Å². The molecule has 0 radical (unpaired) electrons. The van der Waals surface area contributed by atoms with Gasteiger partial charge < -0.3 is 5.11 Å². The number of nitrogens with zero attached hydrogens (tertiary/aromatic N) is 1. The Morgan fingerprint density at radius 3 is 2.72 bits per heavy atom. The number of likely N-dealkylation sites (tertiary alicyclic amines) is 1. The van der Waals surface area contributed by atoms with Crippen LogP contribution in [-0.2, 0) is 11.3 Å². The van der Waals surface area contributed by atoms with Gasteiger partial charge in [-0.25, -0.2) is 0 Å². The number of piperidine rings is 1. The van der Waals surface area contributed by atoms with Crippen molar-refractivity contribution in [1.82, 2.24) is 4.90 Å². The number of hydrogen-bond donors (Lipinski definition) is 1. The first-order valence-corrected chi connectivity index (χ1v) is 7.52. The van der Waals surface area contributed by atoms with Crippen molar-refractivity contribution in [2.24, 2.45) is 5.41 Å². The van der Waals surface area contributed by atoms with Crippen LogP contribution in [0.3, 0.4) is 0 Å². The minimum Gasteiger partial charge on any atom is -0.481 e. The average molecular weight is 267 g/mol. The van der Waals surface area contributed by atoms with Crippen LogP contribution in [0.5, 0.6) is 0 Å². The summed E-state index contributed by atoms with van der Waals surface area (Å²) in [5.41, 5.74) is -0.458. The maximum absolute atomic E-state index is 11.5. The molecule has 3 nitrogen and oxygen atoms in total. The van der Waals surface area contributed by atoms with E-state index in [4.69, 9.17) is 0 Å². The summed E-state index contributed by atoms with van der Waals surface area (Å²) in [6.07, 6.45) is 3.36. The molecule has 1 N–H and O–H groups in total. The van der Waals surface area contributed by atoms with Gasteiger partial charge in [-0.1, -0.05) is 19.4 Å². The molecule has 0 bridgehead atoms. The largest absolute Gasteiger partial charge is 0.481 e. The standard InChI is InChI=1S/C14H21NO2S/c1-2-5-14(13(16)17)6-8-15(9-7-14)11-12-4-3-10-18-12/h3-4,10H,2,5-9,11H2,1H3,(H,16,17). The molecule has 0 atom stereocenters. The third kappa shape index (κ3) is 2.93. The smallest absolute Gasteiger partial charge is 0.309 e. The lowest BCUT2D eigenvalue weighted by atomic mass is 9.75. The Balaban J connectivity index is 1.91. The van der Waals surface area contributed by atoms with Gasteiger partial charge in [0.2, 0.25) is 0 Å². The first kappa shape index (κ1) is 13.6. The summed E-state index contributed by atoms with van der Waals surface area (Å²) in [6, 6.07) is 4.22. The molecule has 0 spiro atoms. The Morgan fingerprint density at radius 2 is 2.22 bits per heavy atom. The quantitative estimate of drug-likeness (QED) is 0.890. The highest BCUT2D eigenvalue weighted by atomic mass is 32.1. The minimum absolute atomic E-state index is 0.458. The van der Waals surface area contributed by atoms with Gasteiger partial charge in [-0.05, 0) is 43.8 Å². The van der Waals surface area contributed by atoms with Crippen molar-refractivity contribution in [2.75, 3.05) is 13.1 Å². The summed E-state index contributed by atoms with van der Waals surface area (Å²) in [6.45, 7) is 4.86. The van der Waals surface area contributed by atoms with Crippen LogP contribution in [0.15, 0.2) is 17.5 Å². The van der Waals surface area contributed by atoms with E-state index in [1.807, 2.05) is 0 Å². The second-order valence-electron chi connectivity index (χ2n) is 5.19. The molecule has 1 fully saturated rings. The predicted molar refractivity (Wildman–Crippen MR) is 73.8 cm³/mol. The summed E-state index contributed by atoms with van der Waals surface area (Å²) < 4.78 is 0. The SMILES string of the molecule is CCCC1(C(=O)O)CCN(Cc2cccs2)CC1. The highest BCUT2D eigenvalue weighted by Gasteiger charge is 2.40. The van der Waals surface area contributed by atoms with Crippen molar-refractivity contribution in [1.29, 1.82) is 0 Å². The van der Waals surface area contributed by atoms with Crippen molar-refractivity contribution >= 4 is 17.3 Å². The van der Waals surface area contributed by atoms with Gasteiger partial charge in [-0.3, -0.25) is 9.69 Å². The number of carbonyl (C=O) groups is 1. The lowest BCUT2D eigenvalue weighted by Crippen LogP contribution is -2.43. The van der Waals surface area contributed by atoms with E-state index in [9.17, 15) is 9.90 Å². The second kappa shape index (κ2) is 5.85. The molecule has 18 heavy (non-hydrogen) atoms. The van der Waals surface area contributed by atoms with E-state index < -0.39 is 11.4 Å². The second-order valence-corrected chi connectivity index (χ2v) is 6.22. The van der Waals surface area contributed by atoms with E-state index in [0.29, 0.717) is 0 Å². The number of carboxylic acid groups (broad SMARTS) is 1. The van der Waals surface area contributed by atoms with Crippen LogP contribution in [0.25, 0.3) is 0 Å². The Hall–Kier alpha value is -0.870. The summed E-state index contributed by atoms with van der Waals surface area (Å²) in [5.74, 6) is -0.597. The number of rotatable bonds is 5. The van der Waals surface area contributed by atoms with E-state index in [2.05, 4.69) is 29.3 Å². The molecule has 1 aromatic rings. The Labute approximate surface area is 112 Å². The molecule has 0 aromatic carbocycles. The highest BCUT2D eigenvalue weighted by Crippen LogP contribution is 2.37. The molecule has 0 amide bonds. The van der Waals surface area contributed by atoms with Gasteiger partial charge in [0, 0.05) is 11.4 Å². The van der Waals surface area contributed by atoms with E-state index in [1.165, 1.54) is 4.88 Å². The third-order valence-electron chi connectivity index (χ3n) is 3.95. The molecule has 0 saturated carbocycles. The fourth-order valence-electron chi connectivity index (χ4n) is 2.81. The Bertz CT molecular complexity index is 381. The molecule has 2 heterocycles. The Kier molecular flexibility index (Phi) is 4.40. The molecule has 1 aliphatic heterocycles. The summed E-state index contributed by atoms with van der Waals surface area (Å²) in [7, 11) is 0. The topological polar surface area (TPSA) is 40.5 Å². The van der Waals surface area contributed by atoms with Gasteiger partial charge in [-0.15, -0.1) is 11.3 Å². The van der Waals surface area contributed by atoms with Crippen LogP contribution in [0, 0.1) is 5.41 Å². The van der Waals surface area contributed by atoms with Crippen molar-refractivity contribution in [3.8, 4) is 0 Å². The normalized spacial score (nSPS) is 19.8. The maximum Gasteiger partial charge on any atom is 0.309 e. The number of thiophene rings is 1. The molecule has 1 aromatic heterocycles. The first-order chi connectivity index (χ1) is 8.66. The van der Waals surface area contributed by atoms with Crippen LogP contribution < -0.4 is 0 Å². The monoisotopic (exact) mass is 267 g/mol. The molecular formula is C14H21NO2S. The maximum atomic E-state index is 11.5. The molecule has 4 heteroatoms. The summed E-state index contributed by atoms with van der Waals surface area (Å²) >= 11 is 1.78. The molecule has 1 saturated heterocycles. The predicted octanol–water partition coefficient (Wildman–Crippen LogP) is 3.22. The zero-order chi connectivity index (χ0) is 13.0. The van der Waals surface area contributed by atoms with Crippen LogP contribution in [0.1, 0.15) is 37.5 Å². The van der Waals surface area contributed by atoms with Crippen molar-refractivity contribution in [2.45, 2.75) is 39.2 Å². The van der Waals surface area contributed by atoms with Gasteiger partial charge in [0.1, 0.15) is 0 Å². The number of hydrogen-bond acceptors (Lipinski definition) is 3. The van der Waals surface area contributed by atoms with Gasteiger partial charge >= 0.3 is 5.97 Å². The van der Waals surface area contributed by atoms with Crippen molar-refractivity contribution in [3.63, 3.8) is 0 Å². The minimum atomic E-state index is -0.597. The average Bonchev–Trinajstić information content (AvgIpc) is 2.85. The molecule has 0 aliphatic carbocycles. The summed E-state index contributed by atoms with van der Waals surface area (Å²) in [5, 5.41) is 11.5. The molecule has 0 unspecified atom stereocenters. The molecular weight excluding hydrogens is 246 g/mol. The van der Waals surface area contributed by atoms with Crippen molar-refractivity contribution in [3.05, 3.63) is 22.4 Å². The fourth-order valence-corrected chi connectivity index (χ4v) is 3.56. The van der Waals surface area contributed by atoms with Gasteiger partial charge in [0.05, 0.1) is 5.41 Å². The molecule has 1 aliphatic rings. The lowest BCUT2D eigenvalue weighted by molar-refractivity contribution is -0.152.